The van der Waals surface area contributed by atoms with Gasteiger partial charge in [-0.15, -0.1) is 0 Å². The van der Waals surface area contributed by atoms with E-state index < -0.39 is 11.7 Å². The SMILES string of the molecule is CC(C)CONC(=O)c1ccc(Br)c(F)c1. The van der Waals surface area contributed by atoms with Crippen molar-refractivity contribution in [2.24, 2.45) is 5.92 Å². The maximum atomic E-state index is 13.1. The van der Waals surface area contributed by atoms with E-state index in [1.807, 2.05) is 13.8 Å². The van der Waals surface area contributed by atoms with Crippen LogP contribution in [0.2, 0.25) is 0 Å². The zero-order chi connectivity index (χ0) is 12.1. The topological polar surface area (TPSA) is 38.3 Å². The normalized spacial score (nSPS) is 10.6. The zero-order valence-corrected chi connectivity index (χ0v) is 10.7. The summed E-state index contributed by atoms with van der Waals surface area (Å²) in [6.07, 6.45) is 0. The second-order valence-electron chi connectivity index (χ2n) is 3.76. The highest BCUT2D eigenvalue weighted by Gasteiger charge is 2.08. The van der Waals surface area contributed by atoms with Crippen LogP contribution < -0.4 is 5.48 Å². The summed E-state index contributed by atoms with van der Waals surface area (Å²) in [4.78, 5) is 16.4. The van der Waals surface area contributed by atoms with Crippen molar-refractivity contribution in [1.82, 2.24) is 5.48 Å². The number of amides is 1. The van der Waals surface area contributed by atoms with Gasteiger partial charge < -0.3 is 0 Å². The molecule has 0 aliphatic rings. The van der Waals surface area contributed by atoms with Crippen LogP contribution in [0, 0.1) is 11.7 Å². The van der Waals surface area contributed by atoms with E-state index in [0.29, 0.717) is 17.0 Å². The van der Waals surface area contributed by atoms with Gasteiger partial charge in [0.15, 0.2) is 0 Å². The van der Waals surface area contributed by atoms with E-state index in [9.17, 15) is 9.18 Å². The van der Waals surface area contributed by atoms with Crippen LogP contribution >= 0.6 is 15.9 Å². The molecule has 3 nitrogen and oxygen atoms in total. The molecule has 88 valence electrons. The van der Waals surface area contributed by atoms with E-state index in [0.717, 1.165) is 6.07 Å². The van der Waals surface area contributed by atoms with Gasteiger partial charge in [-0.1, -0.05) is 13.8 Å². The third-order valence-electron chi connectivity index (χ3n) is 1.76. The molecule has 0 saturated heterocycles. The fourth-order valence-electron chi connectivity index (χ4n) is 0.970. The molecule has 0 unspecified atom stereocenters. The van der Waals surface area contributed by atoms with Crippen molar-refractivity contribution in [3.05, 3.63) is 34.1 Å². The van der Waals surface area contributed by atoms with Gasteiger partial charge in [0.1, 0.15) is 5.82 Å². The minimum Gasteiger partial charge on any atom is -0.273 e. The maximum Gasteiger partial charge on any atom is 0.274 e. The first kappa shape index (κ1) is 13.1. The van der Waals surface area contributed by atoms with Crippen LogP contribution in [0.1, 0.15) is 24.2 Å². The summed E-state index contributed by atoms with van der Waals surface area (Å²) >= 11 is 3.01. The third-order valence-corrected chi connectivity index (χ3v) is 2.41. The van der Waals surface area contributed by atoms with Gasteiger partial charge in [-0.2, -0.15) is 0 Å². The fraction of sp³-hybridized carbons (Fsp3) is 0.364. The molecule has 0 heterocycles. The van der Waals surface area contributed by atoms with E-state index in [4.69, 9.17) is 4.84 Å². The predicted octanol–water partition coefficient (Wildman–Crippen LogP) is 2.91. The first-order valence-electron chi connectivity index (χ1n) is 4.88. The molecular formula is C11H13BrFNO2. The Bertz CT molecular complexity index is 382. The molecule has 0 radical (unpaired) electrons. The van der Waals surface area contributed by atoms with Crippen molar-refractivity contribution in [3.8, 4) is 0 Å². The summed E-state index contributed by atoms with van der Waals surface area (Å²) in [5.74, 6) is -0.606. The van der Waals surface area contributed by atoms with E-state index in [2.05, 4.69) is 21.4 Å². The Labute approximate surface area is 102 Å². The van der Waals surface area contributed by atoms with Crippen LogP contribution in [0.3, 0.4) is 0 Å². The Hall–Kier alpha value is -0.940. The lowest BCUT2D eigenvalue weighted by Gasteiger charge is -2.07. The molecule has 1 aromatic carbocycles. The molecule has 1 rings (SSSR count). The van der Waals surface area contributed by atoms with Crippen molar-refractivity contribution in [2.45, 2.75) is 13.8 Å². The molecule has 1 amide bonds. The Kier molecular flexibility index (Phi) is 4.89. The van der Waals surface area contributed by atoms with Crippen molar-refractivity contribution in [1.29, 1.82) is 0 Å². The largest absolute Gasteiger partial charge is 0.274 e. The number of hydrogen-bond donors (Lipinski definition) is 1. The number of hydrogen-bond acceptors (Lipinski definition) is 2. The Morgan fingerprint density at radius 2 is 2.25 bits per heavy atom. The average molecular weight is 290 g/mol. The van der Waals surface area contributed by atoms with Gasteiger partial charge in [0.05, 0.1) is 11.1 Å². The van der Waals surface area contributed by atoms with Gasteiger partial charge in [-0.25, -0.2) is 9.87 Å². The second-order valence-corrected chi connectivity index (χ2v) is 4.62. The van der Waals surface area contributed by atoms with Crippen LogP contribution in [0.25, 0.3) is 0 Å². The summed E-state index contributed by atoms with van der Waals surface area (Å²) < 4.78 is 13.4. The maximum absolute atomic E-state index is 13.1. The smallest absolute Gasteiger partial charge is 0.273 e. The van der Waals surface area contributed by atoms with Crippen molar-refractivity contribution in [2.75, 3.05) is 6.61 Å². The van der Waals surface area contributed by atoms with Crippen molar-refractivity contribution in [3.63, 3.8) is 0 Å². The van der Waals surface area contributed by atoms with Crippen LogP contribution in [0.4, 0.5) is 4.39 Å². The highest BCUT2D eigenvalue weighted by Crippen LogP contribution is 2.16. The molecule has 0 aromatic heterocycles. The van der Waals surface area contributed by atoms with E-state index in [-0.39, 0.29) is 5.56 Å². The highest BCUT2D eigenvalue weighted by molar-refractivity contribution is 9.10. The quantitative estimate of drug-likeness (QED) is 0.866. The molecular weight excluding hydrogens is 277 g/mol. The van der Waals surface area contributed by atoms with Gasteiger partial charge in [-0.3, -0.25) is 9.63 Å². The van der Waals surface area contributed by atoms with Gasteiger partial charge >= 0.3 is 0 Å². The summed E-state index contributed by atoms with van der Waals surface area (Å²) in [6.45, 7) is 4.35. The number of carbonyl (C=O) groups is 1. The summed E-state index contributed by atoms with van der Waals surface area (Å²) in [5.41, 5.74) is 2.48. The lowest BCUT2D eigenvalue weighted by Crippen LogP contribution is -2.25. The van der Waals surface area contributed by atoms with E-state index >= 15 is 0 Å². The molecule has 16 heavy (non-hydrogen) atoms. The van der Waals surface area contributed by atoms with E-state index in [1.165, 1.54) is 12.1 Å². The molecule has 0 fully saturated rings. The first-order chi connectivity index (χ1) is 7.50. The lowest BCUT2D eigenvalue weighted by atomic mass is 10.2. The van der Waals surface area contributed by atoms with Gasteiger partial charge in [-0.05, 0) is 40.0 Å². The number of halogens is 2. The summed E-state index contributed by atoms with van der Waals surface area (Å²) in [5, 5.41) is 0. The zero-order valence-electron chi connectivity index (χ0n) is 9.09. The number of nitrogens with one attached hydrogen (secondary N) is 1. The molecule has 0 aliphatic carbocycles. The van der Waals surface area contributed by atoms with Crippen LogP contribution in [-0.4, -0.2) is 12.5 Å². The molecule has 5 heteroatoms. The lowest BCUT2D eigenvalue weighted by molar-refractivity contribution is 0.0208. The molecule has 0 spiro atoms. The Balaban J connectivity index is 2.56. The number of carbonyl (C=O) groups excluding carboxylic acids is 1. The Morgan fingerprint density at radius 3 is 2.81 bits per heavy atom. The first-order valence-corrected chi connectivity index (χ1v) is 5.67. The summed E-state index contributed by atoms with van der Waals surface area (Å²) in [6, 6.07) is 4.14. The standard InChI is InChI=1S/C11H13BrFNO2/c1-7(2)6-16-14-11(15)8-3-4-9(12)10(13)5-8/h3-5,7H,6H2,1-2H3,(H,14,15). The highest BCUT2D eigenvalue weighted by atomic mass is 79.9. The predicted molar refractivity (Wildman–Crippen MR) is 62.4 cm³/mol. The molecule has 1 N–H and O–H groups in total. The van der Waals surface area contributed by atoms with Crippen LogP contribution in [-0.2, 0) is 4.84 Å². The van der Waals surface area contributed by atoms with Crippen molar-refractivity contribution < 1.29 is 14.0 Å². The number of benzene rings is 1. The monoisotopic (exact) mass is 289 g/mol. The summed E-state index contributed by atoms with van der Waals surface area (Å²) in [7, 11) is 0. The fourth-order valence-corrected chi connectivity index (χ4v) is 1.22. The van der Waals surface area contributed by atoms with E-state index in [1.54, 1.807) is 0 Å². The minimum absolute atomic E-state index is 0.226. The Morgan fingerprint density at radius 1 is 1.56 bits per heavy atom. The number of rotatable bonds is 4. The molecule has 1 aromatic rings. The van der Waals surface area contributed by atoms with Gasteiger partial charge in [0.25, 0.3) is 5.91 Å². The molecule has 0 atom stereocenters. The van der Waals surface area contributed by atoms with Crippen molar-refractivity contribution >= 4 is 21.8 Å². The second kappa shape index (κ2) is 5.96. The molecule has 0 saturated carbocycles. The number of hydroxylamine groups is 1. The third kappa shape index (κ3) is 3.90. The molecule has 0 aliphatic heterocycles. The van der Waals surface area contributed by atoms with Crippen LogP contribution in [0.15, 0.2) is 22.7 Å². The van der Waals surface area contributed by atoms with Gasteiger partial charge in [0, 0.05) is 5.56 Å². The minimum atomic E-state index is -0.475. The molecule has 0 bridgehead atoms. The van der Waals surface area contributed by atoms with Gasteiger partial charge in [0.2, 0.25) is 0 Å². The van der Waals surface area contributed by atoms with Crippen LogP contribution in [0.5, 0.6) is 0 Å². The average Bonchev–Trinajstić information content (AvgIpc) is 2.21.